The van der Waals surface area contributed by atoms with E-state index in [1.54, 1.807) is 0 Å². The van der Waals surface area contributed by atoms with Crippen LogP contribution in [0.15, 0.2) is 36.1 Å². The summed E-state index contributed by atoms with van der Waals surface area (Å²) in [5, 5.41) is 19.7. The summed E-state index contributed by atoms with van der Waals surface area (Å²) in [7, 11) is 1.10. The third kappa shape index (κ3) is 3.14. The van der Waals surface area contributed by atoms with Crippen molar-refractivity contribution >= 4 is 17.4 Å². The van der Waals surface area contributed by atoms with Crippen LogP contribution in [0, 0.1) is 10.1 Å². The second-order valence-corrected chi connectivity index (χ2v) is 3.19. The Hall–Kier alpha value is -2.70. The number of allylic oxidation sites excluding steroid dienone is 1. The van der Waals surface area contributed by atoms with Crippen LogP contribution in [0.25, 0.3) is 0 Å². The van der Waals surface area contributed by atoms with Gasteiger partial charge in [-0.3, -0.25) is 14.9 Å². The number of benzene rings is 1. The van der Waals surface area contributed by atoms with Gasteiger partial charge in [-0.1, -0.05) is 0 Å². The number of rotatable bonds is 4. The van der Waals surface area contributed by atoms with Gasteiger partial charge in [0, 0.05) is 17.7 Å². The summed E-state index contributed by atoms with van der Waals surface area (Å²) in [5.74, 6) is -2.49. The van der Waals surface area contributed by atoms with Gasteiger partial charge in [-0.25, -0.2) is 4.79 Å². The number of hydrogen-bond acceptors (Lipinski definition) is 6. The Kier molecular flexibility index (Phi) is 4.14. The van der Waals surface area contributed by atoms with Gasteiger partial charge >= 0.3 is 5.97 Å². The summed E-state index contributed by atoms with van der Waals surface area (Å²) >= 11 is 0. The average molecular weight is 251 g/mol. The minimum Gasteiger partial charge on any atom is -0.504 e. The third-order valence-corrected chi connectivity index (χ3v) is 2.03. The smallest absolute Gasteiger partial charge is 0.334 e. The van der Waals surface area contributed by atoms with E-state index in [1.807, 2.05) is 0 Å². The molecule has 0 saturated heterocycles. The fourth-order valence-electron chi connectivity index (χ4n) is 1.12. The zero-order chi connectivity index (χ0) is 13.7. The molecule has 94 valence electrons. The highest BCUT2D eigenvalue weighted by molar-refractivity contribution is 6.09. The van der Waals surface area contributed by atoms with Gasteiger partial charge in [0.15, 0.2) is 5.76 Å². The van der Waals surface area contributed by atoms with Gasteiger partial charge in [0.25, 0.3) is 5.69 Å². The second kappa shape index (κ2) is 5.58. The molecule has 7 heteroatoms. The van der Waals surface area contributed by atoms with Crippen molar-refractivity contribution in [2.75, 3.05) is 7.11 Å². The van der Waals surface area contributed by atoms with E-state index in [1.165, 1.54) is 12.1 Å². The SMILES string of the molecule is COC(=O)C=C(O)C(=O)c1ccc([N+](=O)[O-])cc1. The number of aliphatic hydroxyl groups is 1. The first-order chi connectivity index (χ1) is 8.45. The molecule has 0 atom stereocenters. The molecule has 0 saturated carbocycles. The monoisotopic (exact) mass is 251 g/mol. The van der Waals surface area contributed by atoms with Crippen LogP contribution in [-0.2, 0) is 9.53 Å². The predicted octanol–water partition coefficient (Wildman–Crippen LogP) is 1.39. The molecule has 1 rings (SSSR count). The lowest BCUT2D eigenvalue weighted by Gasteiger charge is -1.99. The van der Waals surface area contributed by atoms with Crippen LogP contribution in [-0.4, -0.2) is 28.9 Å². The number of carbonyl (C=O) groups excluding carboxylic acids is 2. The molecule has 1 aromatic rings. The zero-order valence-corrected chi connectivity index (χ0v) is 9.32. The average Bonchev–Trinajstić information content (AvgIpc) is 2.37. The summed E-state index contributed by atoms with van der Waals surface area (Å²) in [4.78, 5) is 32.2. The Morgan fingerprint density at radius 1 is 1.33 bits per heavy atom. The molecule has 7 nitrogen and oxygen atoms in total. The van der Waals surface area contributed by atoms with Crippen LogP contribution in [0.1, 0.15) is 10.4 Å². The van der Waals surface area contributed by atoms with Crippen molar-refractivity contribution in [3.63, 3.8) is 0 Å². The van der Waals surface area contributed by atoms with Crippen LogP contribution in [0.3, 0.4) is 0 Å². The highest BCUT2D eigenvalue weighted by atomic mass is 16.6. The fraction of sp³-hybridized carbons (Fsp3) is 0.0909. The molecule has 0 heterocycles. The molecule has 0 amide bonds. The van der Waals surface area contributed by atoms with E-state index in [4.69, 9.17) is 0 Å². The molecule has 0 fully saturated rings. The summed E-state index contributed by atoms with van der Waals surface area (Å²) in [6.07, 6.45) is 0.629. The van der Waals surface area contributed by atoms with Crippen molar-refractivity contribution in [3.8, 4) is 0 Å². The fourth-order valence-corrected chi connectivity index (χ4v) is 1.12. The van der Waals surface area contributed by atoms with Crippen molar-refractivity contribution < 1.29 is 24.4 Å². The van der Waals surface area contributed by atoms with Crippen LogP contribution in [0.4, 0.5) is 5.69 Å². The zero-order valence-electron chi connectivity index (χ0n) is 9.32. The van der Waals surface area contributed by atoms with E-state index >= 15 is 0 Å². The summed E-state index contributed by atoms with van der Waals surface area (Å²) < 4.78 is 4.24. The van der Waals surface area contributed by atoms with Crippen LogP contribution >= 0.6 is 0 Å². The summed E-state index contributed by atoms with van der Waals surface area (Å²) in [6.45, 7) is 0. The molecular formula is C11H9NO6. The molecule has 0 bridgehead atoms. The topological polar surface area (TPSA) is 107 Å². The van der Waals surface area contributed by atoms with E-state index < -0.39 is 22.4 Å². The van der Waals surface area contributed by atoms with Crippen molar-refractivity contribution in [3.05, 3.63) is 51.8 Å². The van der Waals surface area contributed by atoms with E-state index in [9.17, 15) is 24.8 Å². The lowest BCUT2D eigenvalue weighted by atomic mass is 10.1. The van der Waals surface area contributed by atoms with E-state index in [0.717, 1.165) is 19.2 Å². The number of methoxy groups -OCH3 is 1. The lowest BCUT2D eigenvalue weighted by Crippen LogP contribution is -2.06. The Balaban J connectivity index is 2.94. The van der Waals surface area contributed by atoms with Crippen LogP contribution in [0.5, 0.6) is 0 Å². The first-order valence-electron chi connectivity index (χ1n) is 4.73. The van der Waals surface area contributed by atoms with Gasteiger partial charge in [-0.2, -0.15) is 0 Å². The van der Waals surface area contributed by atoms with Crippen molar-refractivity contribution in [2.24, 2.45) is 0 Å². The Morgan fingerprint density at radius 3 is 2.33 bits per heavy atom. The minimum absolute atomic E-state index is 0.0262. The number of nitro groups is 1. The van der Waals surface area contributed by atoms with Crippen molar-refractivity contribution in [2.45, 2.75) is 0 Å². The standard InChI is InChI=1S/C11H9NO6/c1-18-10(14)6-9(13)11(15)7-2-4-8(5-3-7)12(16)17/h2-6,13H,1H3. The summed E-state index contributed by atoms with van der Waals surface area (Å²) in [6, 6.07) is 4.61. The molecule has 0 spiro atoms. The normalized spacial score (nSPS) is 10.8. The first kappa shape index (κ1) is 13.4. The maximum Gasteiger partial charge on any atom is 0.334 e. The Labute approximate surface area is 101 Å². The number of Topliss-reactive ketones (excluding diaryl/α,β-unsaturated/α-hetero) is 1. The molecule has 0 aliphatic heterocycles. The molecule has 0 aliphatic carbocycles. The molecule has 18 heavy (non-hydrogen) atoms. The van der Waals surface area contributed by atoms with Crippen molar-refractivity contribution in [1.29, 1.82) is 0 Å². The van der Waals surface area contributed by atoms with E-state index in [0.29, 0.717) is 6.08 Å². The van der Waals surface area contributed by atoms with Gasteiger partial charge in [0.2, 0.25) is 5.78 Å². The Morgan fingerprint density at radius 2 is 1.89 bits per heavy atom. The molecule has 1 aromatic carbocycles. The number of non-ortho nitro benzene ring substituents is 1. The van der Waals surface area contributed by atoms with E-state index in [2.05, 4.69) is 4.74 Å². The van der Waals surface area contributed by atoms with Crippen LogP contribution in [0.2, 0.25) is 0 Å². The van der Waals surface area contributed by atoms with E-state index in [-0.39, 0.29) is 11.3 Å². The highest BCUT2D eigenvalue weighted by Crippen LogP contribution is 2.14. The number of nitro benzene ring substituents is 1. The predicted molar refractivity (Wildman–Crippen MR) is 60.2 cm³/mol. The number of hydrogen-bond donors (Lipinski definition) is 1. The molecular weight excluding hydrogens is 242 g/mol. The van der Waals surface area contributed by atoms with Gasteiger partial charge in [0.1, 0.15) is 0 Å². The van der Waals surface area contributed by atoms with Crippen LogP contribution < -0.4 is 0 Å². The molecule has 0 radical (unpaired) electrons. The second-order valence-electron chi connectivity index (χ2n) is 3.19. The number of esters is 1. The molecule has 0 aromatic heterocycles. The lowest BCUT2D eigenvalue weighted by molar-refractivity contribution is -0.384. The molecule has 0 aliphatic rings. The molecule has 1 N–H and O–H groups in total. The van der Waals surface area contributed by atoms with Gasteiger partial charge in [-0.05, 0) is 12.1 Å². The quantitative estimate of drug-likeness (QED) is 0.216. The number of ether oxygens (including phenoxy) is 1. The highest BCUT2D eigenvalue weighted by Gasteiger charge is 2.14. The maximum absolute atomic E-state index is 11.6. The largest absolute Gasteiger partial charge is 0.504 e. The Bertz CT molecular complexity index is 517. The van der Waals surface area contributed by atoms with Crippen molar-refractivity contribution in [1.82, 2.24) is 0 Å². The van der Waals surface area contributed by atoms with Gasteiger partial charge in [0.05, 0.1) is 18.1 Å². The van der Waals surface area contributed by atoms with Gasteiger partial charge in [-0.15, -0.1) is 0 Å². The number of nitrogens with zero attached hydrogens (tertiary/aromatic N) is 1. The third-order valence-electron chi connectivity index (χ3n) is 2.03. The minimum atomic E-state index is -0.872. The number of aliphatic hydroxyl groups excluding tert-OH is 1. The first-order valence-corrected chi connectivity index (χ1v) is 4.73. The van der Waals surface area contributed by atoms with Gasteiger partial charge < -0.3 is 9.84 Å². The summed E-state index contributed by atoms with van der Waals surface area (Å²) in [5.41, 5.74) is -0.152. The number of carbonyl (C=O) groups is 2. The number of ketones is 1. The maximum atomic E-state index is 11.6. The molecule has 0 unspecified atom stereocenters.